The van der Waals surface area contributed by atoms with E-state index in [2.05, 4.69) is 10.3 Å². The van der Waals surface area contributed by atoms with Crippen LogP contribution in [0.4, 0.5) is 5.69 Å². The molecule has 1 aromatic heterocycles. The molecule has 0 saturated heterocycles. The minimum Gasteiger partial charge on any atom is -0.492 e. The summed E-state index contributed by atoms with van der Waals surface area (Å²) in [5.41, 5.74) is 6.58. The molecule has 0 aliphatic carbocycles. The molecule has 5 nitrogen and oxygen atoms in total. The van der Waals surface area contributed by atoms with Crippen molar-refractivity contribution < 1.29 is 9.53 Å². The average Bonchev–Trinajstić information content (AvgIpc) is 2.44. The van der Waals surface area contributed by atoms with Crippen LogP contribution in [0.2, 0.25) is 5.02 Å². The molecule has 0 bridgehead atoms. The number of nitrogens with zero attached hydrogens (tertiary/aromatic N) is 1. The highest BCUT2D eigenvalue weighted by atomic mass is 35.5. The largest absolute Gasteiger partial charge is 0.492 e. The number of anilines is 1. The molecule has 0 fully saturated rings. The first kappa shape index (κ1) is 14.1. The zero-order chi connectivity index (χ0) is 14.4. The Hall–Kier alpha value is -2.27. The van der Waals surface area contributed by atoms with Crippen molar-refractivity contribution in [2.45, 2.75) is 0 Å². The highest BCUT2D eigenvalue weighted by Gasteiger charge is 2.05. The van der Waals surface area contributed by atoms with Gasteiger partial charge in [0, 0.05) is 18.0 Å². The van der Waals surface area contributed by atoms with Gasteiger partial charge in [-0.2, -0.15) is 0 Å². The second kappa shape index (κ2) is 6.77. The molecule has 0 spiro atoms. The quantitative estimate of drug-likeness (QED) is 0.653. The van der Waals surface area contributed by atoms with Crippen LogP contribution in [-0.2, 0) is 0 Å². The number of benzene rings is 1. The summed E-state index contributed by atoms with van der Waals surface area (Å²) in [6.45, 7) is 0.723. The van der Waals surface area contributed by atoms with Gasteiger partial charge >= 0.3 is 0 Å². The van der Waals surface area contributed by atoms with Crippen molar-refractivity contribution in [2.24, 2.45) is 0 Å². The van der Waals surface area contributed by atoms with Crippen LogP contribution in [0.1, 0.15) is 10.5 Å². The van der Waals surface area contributed by atoms with Gasteiger partial charge in [0.15, 0.2) is 0 Å². The molecule has 1 amide bonds. The predicted molar refractivity (Wildman–Crippen MR) is 77.9 cm³/mol. The standard InChI is InChI=1S/C14H14ClN3O2/c15-10-4-5-13(18-9-10)14(19)17-6-7-20-12-3-1-2-11(16)8-12/h1-5,8-9H,6-7,16H2,(H,17,19). The van der Waals surface area contributed by atoms with Crippen molar-refractivity contribution in [3.8, 4) is 5.75 Å². The lowest BCUT2D eigenvalue weighted by Crippen LogP contribution is -2.28. The Morgan fingerprint density at radius 2 is 2.20 bits per heavy atom. The Kier molecular flexibility index (Phi) is 4.79. The van der Waals surface area contributed by atoms with Gasteiger partial charge in [-0.25, -0.2) is 4.98 Å². The normalized spacial score (nSPS) is 10.1. The van der Waals surface area contributed by atoms with Gasteiger partial charge in [0.2, 0.25) is 0 Å². The van der Waals surface area contributed by atoms with Gasteiger partial charge < -0.3 is 15.8 Å². The predicted octanol–water partition coefficient (Wildman–Crippen LogP) is 2.13. The van der Waals surface area contributed by atoms with Crippen LogP contribution in [0, 0.1) is 0 Å². The molecule has 2 aromatic rings. The van der Waals surface area contributed by atoms with Crippen LogP contribution in [0.3, 0.4) is 0 Å². The third kappa shape index (κ3) is 4.13. The minimum absolute atomic E-state index is 0.266. The van der Waals surface area contributed by atoms with Crippen LogP contribution in [0.25, 0.3) is 0 Å². The maximum atomic E-state index is 11.7. The van der Waals surface area contributed by atoms with Crippen LogP contribution in [0.15, 0.2) is 42.6 Å². The molecule has 1 heterocycles. The first-order chi connectivity index (χ1) is 9.65. The van der Waals surface area contributed by atoms with Crippen molar-refractivity contribution in [1.29, 1.82) is 0 Å². The highest BCUT2D eigenvalue weighted by Crippen LogP contribution is 2.13. The van der Waals surface area contributed by atoms with E-state index in [4.69, 9.17) is 22.1 Å². The summed E-state index contributed by atoms with van der Waals surface area (Å²) in [5.74, 6) is 0.404. The van der Waals surface area contributed by atoms with Gasteiger partial charge in [-0.15, -0.1) is 0 Å². The molecule has 0 unspecified atom stereocenters. The fourth-order valence-corrected chi connectivity index (χ4v) is 1.65. The molecule has 20 heavy (non-hydrogen) atoms. The fraction of sp³-hybridized carbons (Fsp3) is 0.143. The first-order valence-electron chi connectivity index (χ1n) is 6.03. The zero-order valence-electron chi connectivity index (χ0n) is 10.7. The van der Waals surface area contributed by atoms with E-state index in [0.717, 1.165) is 0 Å². The molecule has 2 rings (SSSR count). The molecular formula is C14H14ClN3O2. The van der Waals surface area contributed by atoms with Gasteiger partial charge in [-0.1, -0.05) is 17.7 Å². The monoisotopic (exact) mass is 291 g/mol. The fourth-order valence-electron chi connectivity index (χ4n) is 1.54. The van der Waals surface area contributed by atoms with Gasteiger partial charge in [-0.05, 0) is 24.3 Å². The van der Waals surface area contributed by atoms with Crippen LogP contribution in [0.5, 0.6) is 5.75 Å². The van der Waals surface area contributed by atoms with Crippen molar-refractivity contribution in [1.82, 2.24) is 10.3 Å². The van der Waals surface area contributed by atoms with E-state index in [1.807, 2.05) is 0 Å². The molecule has 6 heteroatoms. The summed E-state index contributed by atoms with van der Waals surface area (Å²) < 4.78 is 5.46. The number of amides is 1. The van der Waals surface area contributed by atoms with Crippen LogP contribution in [-0.4, -0.2) is 24.0 Å². The zero-order valence-corrected chi connectivity index (χ0v) is 11.4. The molecule has 3 N–H and O–H groups in total. The van der Waals surface area contributed by atoms with E-state index in [1.54, 1.807) is 36.4 Å². The second-order valence-corrected chi connectivity index (χ2v) is 4.47. The number of carbonyl (C=O) groups excluding carboxylic acids is 1. The van der Waals surface area contributed by atoms with E-state index < -0.39 is 0 Å². The third-order valence-electron chi connectivity index (χ3n) is 2.47. The van der Waals surface area contributed by atoms with Crippen LogP contribution < -0.4 is 15.8 Å². The molecule has 1 aromatic carbocycles. The Morgan fingerprint density at radius 3 is 2.90 bits per heavy atom. The molecule has 0 atom stereocenters. The van der Waals surface area contributed by atoms with Crippen molar-refractivity contribution in [2.75, 3.05) is 18.9 Å². The summed E-state index contributed by atoms with van der Waals surface area (Å²) in [7, 11) is 0. The molecule has 104 valence electrons. The Morgan fingerprint density at radius 1 is 1.35 bits per heavy atom. The molecular weight excluding hydrogens is 278 g/mol. The summed E-state index contributed by atoms with van der Waals surface area (Å²) >= 11 is 5.70. The summed E-state index contributed by atoms with van der Waals surface area (Å²) in [4.78, 5) is 15.7. The van der Waals surface area contributed by atoms with Gasteiger partial charge in [-0.3, -0.25) is 4.79 Å². The molecule has 0 aliphatic heterocycles. The molecule has 0 saturated carbocycles. The van der Waals surface area contributed by atoms with E-state index in [-0.39, 0.29) is 5.91 Å². The number of nitrogen functional groups attached to an aromatic ring is 1. The smallest absolute Gasteiger partial charge is 0.269 e. The van der Waals surface area contributed by atoms with E-state index in [0.29, 0.717) is 35.3 Å². The Balaban J connectivity index is 1.76. The van der Waals surface area contributed by atoms with Crippen molar-refractivity contribution in [3.63, 3.8) is 0 Å². The van der Waals surface area contributed by atoms with Crippen LogP contribution >= 0.6 is 11.6 Å². The lowest BCUT2D eigenvalue weighted by molar-refractivity contribution is 0.0942. The van der Waals surface area contributed by atoms with E-state index >= 15 is 0 Å². The van der Waals surface area contributed by atoms with Gasteiger partial charge in [0.25, 0.3) is 5.91 Å². The maximum Gasteiger partial charge on any atom is 0.269 e. The molecule has 0 radical (unpaired) electrons. The number of rotatable bonds is 5. The number of hydrogen-bond acceptors (Lipinski definition) is 4. The average molecular weight is 292 g/mol. The number of hydrogen-bond donors (Lipinski definition) is 2. The number of nitrogens with two attached hydrogens (primary N) is 1. The second-order valence-electron chi connectivity index (χ2n) is 4.04. The Labute approximate surface area is 121 Å². The lowest BCUT2D eigenvalue weighted by atomic mass is 10.3. The lowest BCUT2D eigenvalue weighted by Gasteiger charge is -2.08. The SMILES string of the molecule is Nc1cccc(OCCNC(=O)c2ccc(Cl)cn2)c1. The number of halogens is 1. The first-order valence-corrected chi connectivity index (χ1v) is 6.41. The van der Waals surface area contributed by atoms with Gasteiger partial charge in [0.1, 0.15) is 18.1 Å². The van der Waals surface area contributed by atoms with Crippen molar-refractivity contribution in [3.05, 3.63) is 53.3 Å². The van der Waals surface area contributed by atoms with E-state index in [1.165, 1.54) is 6.20 Å². The summed E-state index contributed by atoms with van der Waals surface area (Å²) in [5, 5.41) is 3.19. The number of aromatic nitrogens is 1. The summed E-state index contributed by atoms with van der Waals surface area (Å²) in [6, 6.07) is 10.3. The number of pyridine rings is 1. The molecule has 0 aliphatic rings. The van der Waals surface area contributed by atoms with Crippen molar-refractivity contribution >= 4 is 23.2 Å². The topological polar surface area (TPSA) is 77.2 Å². The number of carbonyl (C=O) groups is 1. The number of ether oxygens (including phenoxy) is 1. The maximum absolute atomic E-state index is 11.7. The Bertz CT molecular complexity index is 587. The highest BCUT2D eigenvalue weighted by molar-refractivity contribution is 6.30. The minimum atomic E-state index is -0.266. The van der Waals surface area contributed by atoms with E-state index in [9.17, 15) is 4.79 Å². The third-order valence-corrected chi connectivity index (χ3v) is 2.70. The van der Waals surface area contributed by atoms with Gasteiger partial charge in [0.05, 0.1) is 11.6 Å². The summed E-state index contributed by atoms with van der Waals surface area (Å²) in [6.07, 6.45) is 1.43. The number of nitrogens with one attached hydrogen (secondary N) is 1.